The normalized spacial score (nSPS) is 33.7. The van der Waals surface area contributed by atoms with Crippen LogP contribution in [-0.4, -0.2) is 35.0 Å². The summed E-state index contributed by atoms with van der Waals surface area (Å²) in [6, 6.07) is 0.0265. The van der Waals surface area contributed by atoms with Crippen molar-refractivity contribution < 1.29 is 14.3 Å². The number of piperidine rings is 1. The van der Waals surface area contributed by atoms with Gasteiger partial charge >= 0.3 is 6.09 Å². The molecule has 4 atom stereocenters. The van der Waals surface area contributed by atoms with Gasteiger partial charge in [0, 0.05) is 24.9 Å². The number of hydrogen-bond acceptors (Lipinski definition) is 3. The van der Waals surface area contributed by atoms with Crippen molar-refractivity contribution >= 4 is 11.9 Å². The Bertz CT molecular complexity index is 427. The molecule has 0 aromatic heterocycles. The zero-order valence-corrected chi connectivity index (χ0v) is 14.7. The Morgan fingerprint density at radius 3 is 2.50 bits per heavy atom. The highest BCUT2D eigenvalue weighted by Gasteiger charge is 2.43. The lowest BCUT2D eigenvalue weighted by Crippen LogP contribution is -2.53. The van der Waals surface area contributed by atoms with E-state index in [-0.39, 0.29) is 18.1 Å². The van der Waals surface area contributed by atoms with E-state index in [1.165, 1.54) is 0 Å². The molecule has 4 heteroatoms. The minimum absolute atomic E-state index is 0.0102. The fraction of sp³-hybridized carbons (Fsp3) is 0.889. The van der Waals surface area contributed by atoms with Crippen LogP contribution in [0.4, 0.5) is 4.79 Å². The summed E-state index contributed by atoms with van der Waals surface area (Å²) in [7, 11) is 0. The second-order valence-corrected chi connectivity index (χ2v) is 8.25. The van der Waals surface area contributed by atoms with Crippen LogP contribution in [-0.2, 0) is 9.53 Å². The first-order valence-electron chi connectivity index (χ1n) is 8.71. The topological polar surface area (TPSA) is 46.6 Å². The van der Waals surface area contributed by atoms with Crippen LogP contribution in [0.3, 0.4) is 0 Å². The van der Waals surface area contributed by atoms with Gasteiger partial charge in [-0.3, -0.25) is 4.79 Å². The van der Waals surface area contributed by atoms with Gasteiger partial charge in [0.15, 0.2) is 0 Å². The summed E-state index contributed by atoms with van der Waals surface area (Å²) in [4.78, 5) is 27.0. The summed E-state index contributed by atoms with van der Waals surface area (Å²) in [5.41, 5.74) is -0.490. The zero-order chi connectivity index (χ0) is 16.5. The summed E-state index contributed by atoms with van der Waals surface area (Å²) in [6.45, 7) is 10.7. The molecule has 22 heavy (non-hydrogen) atoms. The van der Waals surface area contributed by atoms with Gasteiger partial charge in [-0.05, 0) is 58.3 Å². The van der Waals surface area contributed by atoms with E-state index in [1.807, 2.05) is 25.7 Å². The largest absolute Gasteiger partial charge is 0.444 e. The molecule has 126 valence electrons. The van der Waals surface area contributed by atoms with Gasteiger partial charge in [0.1, 0.15) is 11.4 Å². The van der Waals surface area contributed by atoms with Crippen LogP contribution in [0, 0.1) is 17.8 Å². The highest BCUT2D eigenvalue weighted by atomic mass is 16.6. The minimum Gasteiger partial charge on any atom is -0.444 e. The highest BCUT2D eigenvalue weighted by molar-refractivity contribution is 5.83. The minimum atomic E-state index is -0.490. The van der Waals surface area contributed by atoms with E-state index in [0.29, 0.717) is 30.6 Å². The van der Waals surface area contributed by atoms with Gasteiger partial charge in [0.25, 0.3) is 0 Å². The van der Waals surface area contributed by atoms with Crippen LogP contribution in [0.2, 0.25) is 0 Å². The molecule has 2 aliphatic rings. The second kappa shape index (κ2) is 6.59. The Morgan fingerprint density at radius 2 is 1.91 bits per heavy atom. The standard InChI is InChI=1S/C18H31NO3/c1-12-10-13(2)16(15(20)11-12)14-8-6-7-9-19(14)17(21)22-18(3,4)5/h12-14,16H,6-11H2,1-5H3. The molecule has 1 heterocycles. The summed E-state index contributed by atoms with van der Waals surface area (Å²) in [5.74, 6) is 1.15. The molecule has 0 radical (unpaired) electrons. The van der Waals surface area contributed by atoms with Gasteiger partial charge in [0.05, 0.1) is 0 Å². The van der Waals surface area contributed by atoms with Crippen molar-refractivity contribution in [1.29, 1.82) is 0 Å². The first kappa shape index (κ1) is 17.3. The first-order valence-corrected chi connectivity index (χ1v) is 8.71. The molecule has 2 rings (SSSR count). The summed E-state index contributed by atoms with van der Waals surface area (Å²) < 4.78 is 5.57. The predicted molar refractivity (Wildman–Crippen MR) is 86.6 cm³/mol. The molecule has 0 aromatic rings. The van der Waals surface area contributed by atoms with Gasteiger partial charge in [-0.1, -0.05) is 13.8 Å². The molecular weight excluding hydrogens is 278 g/mol. The SMILES string of the molecule is CC1CC(=O)C(C2CCCCN2C(=O)OC(C)(C)C)C(C)C1. The molecule has 1 aliphatic carbocycles. The Kier molecular flexibility index (Phi) is 5.18. The van der Waals surface area contributed by atoms with Crippen molar-refractivity contribution in [2.24, 2.45) is 17.8 Å². The van der Waals surface area contributed by atoms with Crippen LogP contribution >= 0.6 is 0 Å². The number of ketones is 1. The predicted octanol–water partition coefficient (Wildman–Crippen LogP) is 4.03. The molecule has 4 unspecified atom stereocenters. The summed E-state index contributed by atoms with van der Waals surface area (Å²) in [6.07, 6.45) is 4.50. The lowest BCUT2D eigenvalue weighted by atomic mass is 9.69. The quantitative estimate of drug-likeness (QED) is 0.734. The third-order valence-corrected chi connectivity index (χ3v) is 4.90. The number of likely N-dealkylation sites (tertiary alicyclic amines) is 1. The zero-order valence-electron chi connectivity index (χ0n) is 14.7. The lowest BCUT2D eigenvalue weighted by Gasteiger charge is -2.44. The van der Waals surface area contributed by atoms with Crippen LogP contribution < -0.4 is 0 Å². The number of nitrogens with zero attached hydrogens (tertiary/aromatic N) is 1. The molecule has 0 bridgehead atoms. The van der Waals surface area contributed by atoms with Crippen LogP contribution in [0.5, 0.6) is 0 Å². The molecule has 0 N–H and O–H groups in total. The van der Waals surface area contributed by atoms with Gasteiger partial charge in [-0.2, -0.15) is 0 Å². The van der Waals surface area contributed by atoms with E-state index < -0.39 is 5.60 Å². The second-order valence-electron chi connectivity index (χ2n) is 8.25. The van der Waals surface area contributed by atoms with Crippen molar-refractivity contribution in [3.63, 3.8) is 0 Å². The number of hydrogen-bond donors (Lipinski definition) is 0. The smallest absolute Gasteiger partial charge is 0.410 e. The van der Waals surface area contributed by atoms with Crippen molar-refractivity contribution in [2.75, 3.05) is 6.54 Å². The average Bonchev–Trinajstić information content (AvgIpc) is 2.36. The van der Waals surface area contributed by atoms with E-state index in [2.05, 4.69) is 13.8 Å². The van der Waals surface area contributed by atoms with Gasteiger partial charge < -0.3 is 9.64 Å². The Balaban J connectivity index is 2.15. The summed E-state index contributed by atoms with van der Waals surface area (Å²) >= 11 is 0. The third kappa shape index (κ3) is 4.02. The maximum absolute atomic E-state index is 12.6. The van der Waals surface area contributed by atoms with E-state index in [0.717, 1.165) is 25.7 Å². The van der Waals surface area contributed by atoms with Crippen LogP contribution in [0.1, 0.15) is 66.7 Å². The van der Waals surface area contributed by atoms with Crippen molar-refractivity contribution in [3.8, 4) is 0 Å². The van der Waals surface area contributed by atoms with Crippen molar-refractivity contribution in [3.05, 3.63) is 0 Å². The summed E-state index contributed by atoms with van der Waals surface area (Å²) in [5, 5.41) is 0. The number of carbonyl (C=O) groups excluding carboxylic acids is 2. The number of amides is 1. The number of ether oxygens (including phenoxy) is 1. The molecular formula is C18H31NO3. The van der Waals surface area contributed by atoms with E-state index in [9.17, 15) is 9.59 Å². The average molecular weight is 309 g/mol. The highest BCUT2D eigenvalue weighted by Crippen LogP contribution is 2.38. The molecule has 1 aliphatic heterocycles. The first-order chi connectivity index (χ1) is 10.2. The van der Waals surface area contributed by atoms with Gasteiger partial charge in [-0.25, -0.2) is 4.79 Å². The molecule has 0 aromatic carbocycles. The maximum Gasteiger partial charge on any atom is 0.410 e. The van der Waals surface area contributed by atoms with Crippen LogP contribution in [0.25, 0.3) is 0 Å². The Hall–Kier alpha value is -1.06. The molecule has 0 spiro atoms. The molecule has 2 fully saturated rings. The maximum atomic E-state index is 12.6. The lowest BCUT2D eigenvalue weighted by molar-refractivity contribution is -0.131. The van der Waals surface area contributed by atoms with Crippen molar-refractivity contribution in [1.82, 2.24) is 4.90 Å². The van der Waals surface area contributed by atoms with E-state index in [4.69, 9.17) is 4.74 Å². The van der Waals surface area contributed by atoms with Crippen LogP contribution in [0.15, 0.2) is 0 Å². The molecule has 1 saturated carbocycles. The van der Waals surface area contributed by atoms with E-state index in [1.54, 1.807) is 0 Å². The number of carbonyl (C=O) groups is 2. The van der Waals surface area contributed by atoms with Gasteiger partial charge in [-0.15, -0.1) is 0 Å². The molecule has 1 saturated heterocycles. The monoisotopic (exact) mass is 309 g/mol. The molecule has 1 amide bonds. The number of rotatable bonds is 1. The Labute approximate surface area is 134 Å². The Morgan fingerprint density at radius 1 is 1.23 bits per heavy atom. The fourth-order valence-electron chi connectivity index (χ4n) is 4.13. The van der Waals surface area contributed by atoms with Crippen molar-refractivity contribution in [2.45, 2.75) is 78.4 Å². The van der Waals surface area contributed by atoms with Gasteiger partial charge in [0.2, 0.25) is 0 Å². The molecule has 4 nitrogen and oxygen atoms in total. The van der Waals surface area contributed by atoms with E-state index >= 15 is 0 Å². The fourth-order valence-corrected chi connectivity index (χ4v) is 4.13. The third-order valence-electron chi connectivity index (χ3n) is 4.90. The number of Topliss-reactive ketones (excluding diaryl/α,β-unsaturated/α-hetero) is 1.